The molecule has 22 heavy (non-hydrogen) atoms. The Morgan fingerprint density at radius 3 is 2.86 bits per heavy atom. The molecule has 6 heteroatoms. The summed E-state index contributed by atoms with van der Waals surface area (Å²) in [6, 6.07) is 0. The van der Waals surface area contributed by atoms with E-state index < -0.39 is 0 Å². The standard InChI is InChI=1S/C16H24N4O2/c1-5-13(21)20-7-6-16(9-20)10-22-8-12-11(2)17-15(19(3)4)18-14(12)16/h5-10H2,1-4H3/t16-/m1/s1. The molecular formula is C16H24N4O2. The van der Waals surface area contributed by atoms with Crippen molar-refractivity contribution < 1.29 is 9.53 Å². The van der Waals surface area contributed by atoms with Gasteiger partial charge in [0.25, 0.3) is 0 Å². The van der Waals surface area contributed by atoms with Crippen molar-refractivity contribution in [1.29, 1.82) is 0 Å². The molecule has 0 saturated carbocycles. The Balaban J connectivity index is 2.02. The van der Waals surface area contributed by atoms with E-state index in [4.69, 9.17) is 9.72 Å². The first-order valence-electron chi connectivity index (χ1n) is 7.87. The fourth-order valence-electron chi connectivity index (χ4n) is 3.43. The lowest BCUT2D eigenvalue weighted by molar-refractivity contribution is -0.130. The quantitative estimate of drug-likeness (QED) is 0.823. The van der Waals surface area contributed by atoms with Crippen molar-refractivity contribution in [2.45, 2.75) is 38.7 Å². The third kappa shape index (κ3) is 2.35. The molecule has 1 saturated heterocycles. The highest BCUT2D eigenvalue weighted by Crippen LogP contribution is 2.40. The van der Waals surface area contributed by atoms with E-state index in [0.717, 1.165) is 35.9 Å². The van der Waals surface area contributed by atoms with E-state index in [-0.39, 0.29) is 11.3 Å². The van der Waals surface area contributed by atoms with Gasteiger partial charge in [0, 0.05) is 44.9 Å². The van der Waals surface area contributed by atoms with E-state index in [1.54, 1.807) is 0 Å². The van der Waals surface area contributed by atoms with Gasteiger partial charge >= 0.3 is 0 Å². The fourth-order valence-corrected chi connectivity index (χ4v) is 3.43. The summed E-state index contributed by atoms with van der Waals surface area (Å²) in [7, 11) is 3.91. The lowest BCUT2D eigenvalue weighted by Crippen LogP contribution is -2.42. The lowest BCUT2D eigenvalue weighted by atomic mass is 9.80. The zero-order chi connectivity index (χ0) is 15.9. The van der Waals surface area contributed by atoms with E-state index in [0.29, 0.717) is 26.2 Å². The average molecular weight is 304 g/mol. The van der Waals surface area contributed by atoms with Crippen molar-refractivity contribution in [1.82, 2.24) is 14.9 Å². The molecule has 1 fully saturated rings. The number of fused-ring (bicyclic) bond motifs is 2. The Labute approximate surface area is 131 Å². The first-order chi connectivity index (χ1) is 10.5. The van der Waals surface area contributed by atoms with Gasteiger partial charge in [0.1, 0.15) is 0 Å². The number of ether oxygens (including phenoxy) is 1. The molecular weight excluding hydrogens is 280 g/mol. The number of amides is 1. The van der Waals surface area contributed by atoms with Crippen molar-refractivity contribution in [2.24, 2.45) is 0 Å². The van der Waals surface area contributed by atoms with Gasteiger partial charge in [-0.05, 0) is 13.3 Å². The third-order valence-electron chi connectivity index (χ3n) is 4.74. The van der Waals surface area contributed by atoms with Crippen LogP contribution in [-0.4, -0.2) is 54.6 Å². The molecule has 0 aliphatic carbocycles. The van der Waals surface area contributed by atoms with E-state index in [2.05, 4.69) is 4.98 Å². The summed E-state index contributed by atoms with van der Waals surface area (Å²) in [5, 5.41) is 0. The number of aromatic nitrogens is 2. The van der Waals surface area contributed by atoms with Gasteiger partial charge < -0.3 is 14.5 Å². The second kappa shape index (κ2) is 5.50. The van der Waals surface area contributed by atoms with Gasteiger partial charge in [-0.25, -0.2) is 9.97 Å². The van der Waals surface area contributed by atoms with Crippen LogP contribution in [0.3, 0.4) is 0 Å². The average Bonchev–Trinajstić information content (AvgIpc) is 2.92. The Hall–Kier alpha value is -1.69. The molecule has 0 unspecified atom stereocenters. The van der Waals surface area contributed by atoms with E-state index in [1.165, 1.54) is 0 Å². The maximum absolute atomic E-state index is 12.0. The summed E-state index contributed by atoms with van der Waals surface area (Å²) in [6.45, 7) is 6.62. The monoisotopic (exact) mass is 304 g/mol. The molecule has 1 spiro atoms. The minimum absolute atomic E-state index is 0.170. The Morgan fingerprint density at radius 2 is 2.18 bits per heavy atom. The SMILES string of the molecule is CCC(=O)N1CC[C@]2(COCc3c(C)nc(N(C)C)nc32)C1. The molecule has 0 bridgehead atoms. The summed E-state index contributed by atoms with van der Waals surface area (Å²) >= 11 is 0. The first kappa shape index (κ1) is 15.2. The zero-order valence-electron chi connectivity index (χ0n) is 13.8. The summed E-state index contributed by atoms with van der Waals surface area (Å²) in [5.74, 6) is 0.945. The predicted octanol–water partition coefficient (Wildman–Crippen LogP) is 1.26. The second-order valence-corrected chi connectivity index (χ2v) is 6.52. The zero-order valence-corrected chi connectivity index (χ0v) is 13.8. The number of carbonyl (C=O) groups is 1. The summed E-state index contributed by atoms with van der Waals surface area (Å²) in [5.41, 5.74) is 2.99. The minimum Gasteiger partial charge on any atom is -0.376 e. The molecule has 0 radical (unpaired) electrons. The predicted molar refractivity (Wildman–Crippen MR) is 83.9 cm³/mol. The molecule has 2 aliphatic heterocycles. The van der Waals surface area contributed by atoms with Crippen LogP contribution in [-0.2, 0) is 21.6 Å². The number of hydrogen-bond acceptors (Lipinski definition) is 5. The van der Waals surface area contributed by atoms with Crippen molar-refractivity contribution >= 4 is 11.9 Å². The van der Waals surface area contributed by atoms with E-state index in [9.17, 15) is 4.79 Å². The summed E-state index contributed by atoms with van der Waals surface area (Å²) < 4.78 is 5.85. The summed E-state index contributed by atoms with van der Waals surface area (Å²) in [4.78, 5) is 25.3. The van der Waals surface area contributed by atoms with E-state index in [1.807, 2.05) is 37.7 Å². The molecule has 1 amide bonds. The second-order valence-electron chi connectivity index (χ2n) is 6.52. The first-order valence-corrected chi connectivity index (χ1v) is 7.87. The van der Waals surface area contributed by atoms with Gasteiger partial charge in [0.05, 0.1) is 24.3 Å². The van der Waals surface area contributed by atoms with Crippen LogP contribution in [0.15, 0.2) is 0 Å². The maximum atomic E-state index is 12.0. The molecule has 1 atom stereocenters. The van der Waals surface area contributed by atoms with Gasteiger partial charge in [-0.2, -0.15) is 0 Å². The van der Waals surface area contributed by atoms with Gasteiger partial charge in [-0.15, -0.1) is 0 Å². The van der Waals surface area contributed by atoms with Crippen LogP contribution in [0.5, 0.6) is 0 Å². The van der Waals surface area contributed by atoms with Crippen molar-refractivity contribution in [2.75, 3.05) is 38.7 Å². The molecule has 6 nitrogen and oxygen atoms in total. The largest absolute Gasteiger partial charge is 0.376 e. The Bertz CT molecular complexity index is 602. The van der Waals surface area contributed by atoms with Crippen LogP contribution in [0.25, 0.3) is 0 Å². The molecule has 0 N–H and O–H groups in total. The maximum Gasteiger partial charge on any atom is 0.225 e. The minimum atomic E-state index is -0.170. The third-order valence-corrected chi connectivity index (χ3v) is 4.74. The molecule has 0 aromatic carbocycles. The number of anilines is 1. The van der Waals surface area contributed by atoms with Crippen molar-refractivity contribution in [3.63, 3.8) is 0 Å². The van der Waals surface area contributed by atoms with E-state index >= 15 is 0 Å². The van der Waals surface area contributed by atoms with Crippen molar-refractivity contribution in [3.05, 3.63) is 17.0 Å². The highest BCUT2D eigenvalue weighted by Gasteiger charge is 2.46. The molecule has 120 valence electrons. The number of carbonyl (C=O) groups excluding carboxylic acids is 1. The van der Waals surface area contributed by atoms with Crippen LogP contribution in [0.2, 0.25) is 0 Å². The number of aryl methyl sites for hydroxylation is 1. The van der Waals surface area contributed by atoms with Gasteiger partial charge in [0.2, 0.25) is 11.9 Å². The molecule has 3 heterocycles. The van der Waals surface area contributed by atoms with Crippen molar-refractivity contribution in [3.8, 4) is 0 Å². The molecule has 1 aromatic heterocycles. The number of hydrogen-bond donors (Lipinski definition) is 0. The highest BCUT2D eigenvalue weighted by molar-refractivity contribution is 5.76. The Morgan fingerprint density at radius 1 is 1.41 bits per heavy atom. The van der Waals surface area contributed by atoms with Crippen LogP contribution in [0, 0.1) is 6.92 Å². The summed E-state index contributed by atoms with van der Waals surface area (Å²) in [6.07, 6.45) is 1.46. The van der Waals surface area contributed by atoms with Gasteiger partial charge in [-0.1, -0.05) is 6.92 Å². The molecule has 2 aliphatic rings. The fraction of sp³-hybridized carbons (Fsp3) is 0.688. The van der Waals surface area contributed by atoms with Crippen LogP contribution in [0.4, 0.5) is 5.95 Å². The smallest absolute Gasteiger partial charge is 0.225 e. The molecule has 1 aromatic rings. The van der Waals surface area contributed by atoms with Crippen LogP contribution < -0.4 is 4.90 Å². The van der Waals surface area contributed by atoms with Crippen LogP contribution >= 0.6 is 0 Å². The lowest BCUT2D eigenvalue weighted by Gasteiger charge is -2.35. The van der Waals surface area contributed by atoms with Crippen LogP contribution in [0.1, 0.15) is 36.7 Å². The molecule has 3 rings (SSSR count). The normalized spacial score (nSPS) is 23.7. The number of rotatable bonds is 2. The number of likely N-dealkylation sites (tertiary alicyclic amines) is 1. The van der Waals surface area contributed by atoms with Gasteiger partial charge in [-0.3, -0.25) is 4.79 Å². The highest BCUT2D eigenvalue weighted by atomic mass is 16.5. The topological polar surface area (TPSA) is 58.6 Å². The number of nitrogens with zero attached hydrogens (tertiary/aromatic N) is 4. The Kier molecular flexibility index (Phi) is 3.80. The van der Waals surface area contributed by atoms with Gasteiger partial charge in [0.15, 0.2) is 0 Å².